The molecular formula is C13H25NNa2O8. The van der Waals surface area contributed by atoms with Crippen molar-refractivity contribution in [1.82, 2.24) is 5.32 Å². The summed E-state index contributed by atoms with van der Waals surface area (Å²) in [5.41, 5.74) is -2.95. The quantitative estimate of drug-likeness (QED) is 0.185. The van der Waals surface area contributed by atoms with E-state index in [0.29, 0.717) is 12.8 Å². The van der Waals surface area contributed by atoms with Gasteiger partial charge in [-0.3, -0.25) is 5.32 Å². The molecule has 1 unspecified atom stereocenters. The first-order valence-corrected chi connectivity index (χ1v) is 6.88. The van der Waals surface area contributed by atoms with E-state index in [1.807, 2.05) is 12.2 Å². The van der Waals surface area contributed by atoms with Gasteiger partial charge >= 0.3 is 59.1 Å². The van der Waals surface area contributed by atoms with Crippen molar-refractivity contribution in [3.8, 4) is 0 Å². The third kappa shape index (κ3) is 13.0. The van der Waals surface area contributed by atoms with Crippen LogP contribution in [0.15, 0.2) is 0 Å². The van der Waals surface area contributed by atoms with E-state index in [2.05, 4.69) is 0 Å². The van der Waals surface area contributed by atoms with E-state index in [1.165, 1.54) is 0 Å². The van der Waals surface area contributed by atoms with Crippen molar-refractivity contribution in [2.24, 2.45) is 5.41 Å². The Morgan fingerprint density at radius 1 is 1.00 bits per heavy atom. The maximum absolute atomic E-state index is 10.4. The average molecular weight is 369 g/mol. The van der Waals surface area contributed by atoms with Gasteiger partial charge in [0.15, 0.2) is 5.72 Å². The Morgan fingerprint density at radius 2 is 1.42 bits per heavy atom. The van der Waals surface area contributed by atoms with E-state index in [1.54, 1.807) is 6.92 Å². The predicted molar refractivity (Wildman–Crippen MR) is 71.9 cm³/mol. The molecule has 0 rings (SSSR count). The number of aliphatic hydroxyl groups excluding tert-OH is 3. The average Bonchev–Trinajstić information content (AvgIpc) is 2.49. The predicted octanol–water partition coefficient (Wildman–Crippen LogP) is -10.1. The molecule has 0 spiro atoms. The van der Waals surface area contributed by atoms with E-state index in [4.69, 9.17) is 15.3 Å². The Balaban J connectivity index is -0.000000162. The Morgan fingerprint density at radius 3 is 1.58 bits per heavy atom. The monoisotopic (exact) mass is 369 g/mol. The standard InChI is InChI=1S/C7H13NO5.C6H14O3.2Na/c1-2-3-7(13,6(11)12)8-4-5(9)10;1-2-6(3-7,4-8)5-9;;/h8,13H,2-4H2,1H3,(H,9,10)(H,11,12);7-9H,2-5H2,1H3;;/q;;2*+1/p-2. The van der Waals surface area contributed by atoms with Gasteiger partial charge in [0, 0.05) is 12.0 Å². The minimum absolute atomic E-state index is 0. The maximum Gasteiger partial charge on any atom is 1.00 e. The molecule has 132 valence electrons. The van der Waals surface area contributed by atoms with Crippen LogP contribution in [0.4, 0.5) is 0 Å². The number of nitrogens with one attached hydrogen (secondary N) is 1. The smallest absolute Gasteiger partial charge is 0.549 e. The van der Waals surface area contributed by atoms with Crippen LogP contribution in [0.25, 0.3) is 0 Å². The van der Waals surface area contributed by atoms with Crippen LogP contribution >= 0.6 is 0 Å². The third-order valence-corrected chi connectivity index (χ3v) is 3.23. The zero-order valence-corrected chi connectivity index (χ0v) is 18.9. The van der Waals surface area contributed by atoms with Crippen LogP contribution in [-0.2, 0) is 9.59 Å². The van der Waals surface area contributed by atoms with Crippen molar-refractivity contribution in [3.63, 3.8) is 0 Å². The van der Waals surface area contributed by atoms with Crippen LogP contribution in [0.1, 0.15) is 33.1 Å². The first kappa shape index (κ1) is 32.4. The topological polar surface area (TPSA) is 173 Å². The van der Waals surface area contributed by atoms with Gasteiger partial charge in [0.1, 0.15) is 0 Å². The van der Waals surface area contributed by atoms with Crippen LogP contribution in [0.3, 0.4) is 0 Å². The fraction of sp³-hybridized carbons (Fsp3) is 0.846. The number of hydrogen-bond donors (Lipinski definition) is 5. The molecule has 0 aliphatic heterocycles. The van der Waals surface area contributed by atoms with Crippen molar-refractivity contribution in [2.45, 2.75) is 38.8 Å². The van der Waals surface area contributed by atoms with E-state index in [9.17, 15) is 24.9 Å². The summed E-state index contributed by atoms with van der Waals surface area (Å²) in [6.07, 6.45) is 0.851. The molecule has 0 saturated carbocycles. The maximum atomic E-state index is 10.4. The van der Waals surface area contributed by atoms with Crippen molar-refractivity contribution < 1.29 is 99.3 Å². The minimum atomic E-state index is -2.28. The molecule has 0 saturated heterocycles. The molecule has 0 aromatic carbocycles. The van der Waals surface area contributed by atoms with Crippen molar-refractivity contribution in [1.29, 1.82) is 0 Å². The molecule has 9 nitrogen and oxygen atoms in total. The summed E-state index contributed by atoms with van der Waals surface area (Å²) in [4.78, 5) is 20.4. The Bertz CT molecular complexity index is 324. The number of carboxylic acid groups (broad SMARTS) is 2. The number of carbonyl (C=O) groups excluding carboxylic acids is 2. The number of aliphatic hydroxyl groups is 4. The number of hydrogen-bond acceptors (Lipinski definition) is 9. The normalized spacial score (nSPS) is 12.6. The summed E-state index contributed by atoms with van der Waals surface area (Å²) < 4.78 is 0. The molecule has 11 heteroatoms. The SMILES string of the molecule is CCC(CO)(CO)CO.CCCC(O)(NCC(=O)[O-])C(=O)[O-].[Na+].[Na+]. The fourth-order valence-electron chi connectivity index (χ4n) is 1.33. The van der Waals surface area contributed by atoms with Crippen LogP contribution in [0.2, 0.25) is 0 Å². The second-order valence-corrected chi connectivity index (χ2v) is 4.95. The van der Waals surface area contributed by atoms with Crippen molar-refractivity contribution >= 4 is 11.9 Å². The van der Waals surface area contributed by atoms with E-state index >= 15 is 0 Å². The molecule has 0 aliphatic carbocycles. The van der Waals surface area contributed by atoms with Gasteiger partial charge in [-0.05, 0) is 12.8 Å². The zero-order chi connectivity index (χ0) is 17.8. The molecule has 0 heterocycles. The molecule has 0 fully saturated rings. The number of rotatable bonds is 10. The molecular weight excluding hydrogens is 344 g/mol. The molecule has 0 aliphatic rings. The van der Waals surface area contributed by atoms with E-state index in [0.717, 1.165) is 0 Å². The minimum Gasteiger partial charge on any atom is -0.549 e. The molecule has 5 N–H and O–H groups in total. The van der Waals surface area contributed by atoms with Gasteiger partial charge in [-0.25, -0.2) is 0 Å². The van der Waals surface area contributed by atoms with Gasteiger partial charge in [-0.15, -0.1) is 0 Å². The van der Waals surface area contributed by atoms with Crippen LogP contribution in [0, 0.1) is 5.41 Å². The molecule has 0 bridgehead atoms. The second kappa shape index (κ2) is 17.2. The van der Waals surface area contributed by atoms with Crippen LogP contribution in [0.5, 0.6) is 0 Å². The van der Waals surface area contributed by atoms with Gasteiger partial charge in [0.2, 0.25) is 0 Å². The summed E-state index contributed by atoms with van der Waals surface area (Å²) in [5, 5.41) is 57.5. The van der Waals surface area contributed by atoms with E-state index in [-0.39, 0.29) is 85.4 Å². The van der Waals surface area contributed by atoms with Gasteiger partial charge in [0.25, 0.3) is 0 Å². The van der Waals surface area contributed by atoms with Crippen LogP contribution < -0.4 is 74.6 Å². The number of aliphatic carboxylic acids is 2. The molecule has 0 amide bonds. The fourth-order valence-corrected chi connectivity index (χ4v) is 1.33. The van der Waals surface area contributed by atoms with Crippen LogP contribution in [-0.4, -0.2) is 64.5 Å². The van der Waals surface area contributed by atoms with Gasteiger partial charge in [-0.1, -0.05) is 20.3 Å². The van der Waals surface area contributed by atoms with Gasteiger partial charge in [-0.2, -0.15) is 0 Å². The molecule has 0 aromatic heterocycles. The summed E-state index contributed by atoms with van der Waals surface area (Å²) in [6, 6.07) is 0. The largest absolute Gasteiger partial charge is 1.00 e. The number of carbonyl (C=O) groups is 2. The van der Waals surface area contributed by atoms with Gasteiger partial charge < -0.3 is 40.2 Å². The third-order valence-electron chi connectivity index (χ3n) is 3.23. The van der Waals surface area contributed by atoms with Crippen molar-refractivity contribution in [2.75, 3.05) is 26.4 Å². The summed E-state index contributed by atoms with van der Waals surface area (Å²) in [7, 11) is 0. The summed E-state index contributed by atoms with van der Waals surface area (Å²) in [5.74, 6) is -3.23. The first-order chi connectivity index (χ1) is 10.2. The van der Waals surface area contributed by atoms with Crippen molar-refractivity contribution in [3.05, 3.63) is 0 Å². The molecule has 24 heavy (non-hydrogen) atoms. The molecule has 1 atom stereocenters. The Kier molecular flexibility index (Phi) is 23.2. The second-order valence-electron chi connectivity index (χ2n) is 4.95. The molecule has 0 aromatic rings. The first-order valence-electron chi connectivity index (χ1n) is 6.88. The van der Waals surface area contributed by atoms with E-state index < -0.39 is 29.6 Å². The molecule has 0 radical (unpaired) electrons. The van der Waals surface area contributed by atoms with Gasteiger partial charge in [0.05, 0.1) is 31.8 Å². The Hall–Kier alpha value is 0.740. The zero-order valence-electron chi connectivity index (χ0n) is 14.9. The number of carboxylic acids is 2. The Labute approximate surface area is 186 Å². The summed E-state index contributed by atoms with van der Waals surface area (Å²) >= 11 is 0. The summed E-state index contributed by atoms with van der Waals surface area (Å²) in [6.45, 7) is 2.27.